The summed E-state index contributed by atoms with van der Waals surface area (Å²) in [5, 5.41) is 6.11. The number of carbonyl (C=O) groups excluding carboxylic acids is 1. The highest BCUT2D eigenvalue weighted by atomic mass is 79.9. The Hall–Kier alpha value is -0.920. The zero-order valence-electron chi connectivity index (χ0n) is 10.6. The molecular formula is C11H16BrClN4O2. The third kappa shape index (κ3) is 6.70. The van der Waals surface area contributed by atoms with E-state index in [0.29, 0.717) is 31.9 Å². The molecule has 1 aromatic heterocycles. The van der Waals surface area contributed by atoms with Crippen molar-refractivity contribution in [2.24, 2.45) is 0 Å². The van der Waals surface area contributed by atoms with Gasteiger partial charge in [0.2, 0.25) is 11.2 Å². The van der Waals surface area contributed by atoms with E-state index in [1.807, 2.05) is 0 Å². The first kappa shape index (κ1) is 16.1. The van der Waals surface area contributed by atoms with Gasteiger partial charge in [-0.3, -0.25) is 4.79 Å². The molecule has 0 spiro atoms. The number of hydrogen-bond acceptors (Lipinski definition) is 5. The zero-order chi connectivity index (χ0) is 14.1. The molecular weight excluding hydrogens is 336 g/mol. The van der Waals surface area contributed by atoms with Gasteiger partial charge in [0.15, 0.2) is 0 Å². The van der Waals surface area contributed by atoms with Gasteiger partial charge in [0.1, 0.15) is 5.82 Å². The lowest BCUT2D eigenvalue weighted by Crippen LogP contribution is -2.26. The van der Waals surface area contributed by atoms with Crippen molar-refractivity contribution in [3.05, 3.63) is 16.0 Å². The lowest BCUT2D eigenvalue weighted by molar-refractivity contribution is -0.121. The van der Waals surface area contributed by atoms with Crippen LogP contribution < -0.4 is 10.6 Å². The molecule has 0 fully saturated rings. The average molecular weight is 352 g/mol. The molecule has 0 radical (unpaired) electrons. The lowest BCUT2D eigenvalue weighted by atomic mass is 10.3. The second kappa shape index (κ2) is 9.06. The number of carbonyl (C=O) groups is 1. The van der Waals surface area contributed by atoms with E-state index < -0.39 is 0 Å². The summed E-state index contributed by atoms with van der Waals surface area (Å²) in [7, 11) is 1.57. The fraction of sp³-hybridized carbons (Fsp3) is 0.545. The maximum atomic E-state index is 11.3. The molecule has 8 heteroatoms. The first-order valence-electron chi connectivity index (χ1n) is 5.81. The van der Waals surface area contributed by atoms with E-state index >= 15 is 0 Å². The second-order valence-electron chi connectivity index (χ2n) is 3.71. The topological polar surface area (TPSA) is 76.1 Å². The Morgan fingerprint density at radius 1 is 1.53 bits per heavy atom. The molecule has 0 bridgehead atoms. The smallest absolute Gasteiger partial charge is 0.224 e. The van der Waals surface area contributed by atoms with Gasteiger partial charge in [-0.05, 0) is 34.0 Å². The minimum atomic E-state index is -0.00638. The number of amides is 1. The highest BCUT2D eigenvalue weighted by Gasteiger charge is 2.03. The molecule has 19 heavy (non-hydrogen) atoms. The number of anilines is 1. The SMILES string of the molecule is COCCC(=O)NCCCNc1nc(Cl)ncc1Br. The predicted octanol–water partition coefficient (Wildman–Crippen LogP) is 1.85. The Morgan fingerprint density at radius 2 is 2.32 bits per heavy atom. The van der Waals surface area contributed by atoms with Crippen LogP contribution in [0.15, 0.2) is 10.7 Å². The van der Waals surface area contributed by atoms with Crippen molar-refractivity contribution in [2.45, 2.75) is 12.8 Å². The number of hydrogen-bond donors (Lipinski definition) is 2. The Morgan fingerprint density at radius 3 is 3.05 bits per heavy atom. The fourth-order valence-electron chi connectivity index (χ4n) is 1.28. The summed E-state index contributed by atoms with van der Waals surface area (Å²) in [6.45, 7) is 1.72. The number of rotatable bonds is 8. The van der Waals surface area contributed by atoms with E-state index in [1.54, 1.807) is 13.3 Å². The van der Waals surface area contributed by atoms with E-state index in [-0.39, 0.29) is 11.2 Å². The number of nitrogens with zero attached hydrogens (tertiary/aromatic N) is 2. The van der Waals surface area contributed by atoms with E-state index in [0.717, 1.165) is 10.9 Å². The van der Waals surface area contributed by atoms with Crippen LogP contribution in [0.1, 0.15) is 12.8 Å². The normalized spacial score (nSPS) is 10.3. The first-order valence-corrected chi connectivity index (χ1v) is 6.98. The number of ether oxygens (including phenoxy) is 1. The summed E-state index contributed by atoms with van der Waals surface area (Å²) in [5.41, 5.74) is 0. The standard InChI is InChI=1S/C11H16BrClN4O2/c1-19-6-3-9(18)14-4-2-5-15-10-8(12)7-16-11(13)17-10/h7H,2-6H2,1H3,(H,14,18)(H,15,16,17). The Balaban J connectivity index is 2.17. The van der Waals surface area contributed by atoms with Crippen molar-refractivity contribution in [2.75, 3.05) is 32.1 Å². The van der Waals surface area contributed by atoms with Gasteiger partial charge in [-0.2, -0.15) is 4.98 Å². The third-order valence-electron chi connectivity index (χ3n) is 2.22. The first-order chi connectivity index (χ1) is 9.13. The average Bonchev–Trinajstić information content (AvgIpc) is 2.39. The van der Waals surface area contributed by atoms with Gasteiger partial charge < -0.3 is 15.4 Å². The van der Waals surface area contributed by atoms with Crippen LogP contribution in [0.4, 0.5) is 5.82 Å². The number of nitrogens with one attached hydrogen (secondary N) is 2. The van der Waals surface area contributed by atoms with Crippen molar-refractivity contribution in [1.29, 1.82) is 0 Å². The minimum Gasteiger partial charge on any atom is -0.384 e. The van der Waals surface area contributed by atoms with Crippen molar-refractivity contribution in [3.8, 4) is 0 Å². The number of aromatic nitrogens is 2. The van der Waals surface area contributed by atoms with Crippen LogP contribution in [0.25, 0.3) is 0 Å². The van der Waals surface area contributed by atoms with Gasteiger partial charge in [0, 0.05) is 32.8 Å². The molecule has 0 saturated heterocycles. The van der Waals surface area contributed by atoms with Crippen LogP contribution in [-0.4, -0.2) is 42.7 Å². The van der Waals surface area contributed by atoms with Crippen LogP contribution in [0.3, 0.4) is 0 Å². The highest BCUT2D eigenvalue weighted by molar-refractivity contribution is 9.10. The molecule has 0 unspecified atom stereocenters. The van der Waals surface area contributed by atoms with Crippen molar-refractivity contribution < 1.29 is 9.53 Å². The zero-order valence-corrected chi connectivity index (χ0v) is 12.9. The molecule has 6 nitrogen and oxygen atoms in total. The highest BCUT2D eigenvalue weighted by Crippen LogP contribution is 2.19. The Bertz CT molecular complexity index is 420. The largest absolute Gasteiger partial charge is 0.384 e. The maximum Gasteiger partial charge on any atom is 0.224 e. The molecule has 1 aromatic rings. The van der Waals surface area contributed by atoms with Gasteiger partial charge in [0.05, 0.1) is 11.1 Å². The molecule has 106 valence electrons. The predicted molar refractivity (Wildman–Crippen MR) is 77.4 cm³/mol. The third-order valence-corrected chi connectivity index (χ3v) is 2.98. The molecule has 0 aliphatic heterocycles. The Kier molecular flexibility index (Phi) is 7.69. The molecule has 0 aromatic carbocycles. The van der Waals surface area contributed by atoms with E-state index in [1.165, 1.54) is 0 Å². The second-order valence-corrected chi connectivity index (χ2v) is 4.90. The van der Waals surface area contributed by atoms with Crippen LogP contribution in [0.5, 0.6) is 0 Å². The molecule has 1 heterocycles. The summed E-state index contributed by atoms with van der Waals surface area (Å²) >= 11 is 9.02. The quantitative estimate of drug-likeness (QED) is 0.552. The van der Waals surface area contributed by atoms with Crippen LogP contribution in [0, 0.1) is 0 Å². The summed E-state index contributed by atoms with van der Waals surface area (Å²) in [5.74, 6) is 0.638. The monoisotopic (exact) mass is 350 g/mol. The summed E-state index contributed by atoms with van der Waals surface area (Å²) < 4.78 is 5.57. The molecule has 2 N–H and O–H groups in total. The van der Waals surface area contributed by atoms with Gasteiger partial charge in [0.25, 0.3) is 0 Å². The molecule has 0 aliphatic rings. The van der Waals surface area contributed by atoms with Gasteiger partial charge in [-0.1, -0.05) is 0 Å². The van der Waals surface area contributed by atoms with Crippen LogP contribution in [0.2, 0.25) is 5.28 Å². The van der Waals surface area contributed by atoms with Gasteiger partial charge in [-0.25, -0.2) is 4.98 Å². The summed E-state index contributed by atoms with van der Waals surface area (Å²) in [6.07, 6.45) is 2.76. The Labute approximate surface area is 125 Å². The van der Waals surface area contributed by atoms with Crippen molar-refractivity contribution in [1.82, 2.24) is 15.3 Å². The van der Waals surface area contributed by atoms with E-state index in [2.05, 4.69) is 36.5 Å². The van der Waals surface area contributed by atoms with Crippen LogP contribution >= 0.6 is 27.5 Å². The van der Waals surface area contributed by atoms with Gasteiger partial charge >= 0.3 is 0 Å². The van der Waals surface area contributed by atoms with E-state index in [4.69, 9.17) is 16.3 Å². The van der Waals surface area contributed by atoms with Crippen LogP contribution in [-0.2, 0) is 9.53 Å². The number of methoxy groups -OCH3 is 1. The molecule has 0 saturated carbocycles. The summed E-state index contributed by atoms with van der Waals surface area (Å²) in [6, 6.07) is 0. The minimum absolute atomic E-state index is 0.00638. The molecule has 1 amide bonds. The van der Waals surface area contributed by atoms with Crippen molar-refractivity contribution in [3.63, 3.8) is 0 Å². The summed E-state index contributed by atoms with van der Waals surface area (Å²) in [4.78, 5) is 19.1. The molecule has 0 aliphatic carbocycles. The van der Waals surface area contributed by atoms with Gasteiger partial charge in [-0.15, -0.1) is 0 Å². The lowest BCUT2D eigenvalue weighted by Gasteiger charge is -2.08. The molecule has 1 rings (SSSR count). The number of halogens is 2. The molecule has 0 atom stereocenters. The maximum absolute atomic E-state index is 11.3. The van der Waals surface area contributed by atoms with Crippen molar-refractivity contribution >= 4 is 39.3 Å². The van der Waals surface area contributed by atoms with E-state index in [9.17, 15) is 4.79 Å². The fourth-order valence-corrected chi connectivity index (χ4v) is 1.74.